The van der Waals surface area contributed by atoms with Crippen LogP contribution >= 0.6 is 0 Å². The Labute approximate surface area is 125 Å². The van der Waals surface area contributed by atoms with E-state index in [-0.39, 0.29) is 7.43 Å². The van der Waals surface area contributed by atoms with Gasteiger partial charge in [-0.1, -0.05) is 49.0 Å². The summed E-state index contributed by atoms with van der Waals surface area (Å²) in [6.07, 6.45) is 0. The van der Waals surface area contributed by atoms with E-state index in [1.165, 1.54) is 0 Å². The second-order valence-corrected chi connectivity index (χ2v) is 4.47. The molecule has 0 aliphatic carbocycles. The fourth-order valence-corrected chi connectivity index (χ4v) is 0.671. The second-order valence-electron chi connectivity index (χ2n) is 4.47. The van der Waals surface area contributed by atoms with Crippen molar-refractivity contribution in [3.05, 3.63) is 0 Å². The Morgan fingerprint density at radius 3 is 0.526 bits per heavy atom. The number of hydrogen-bond acceptors (Lipinski definition) is 3. The van der Waals surface area contributed by atoms with E-state index < -0.39 is 0 Å². The third-order valence-corrected chi connectivity index (χ3v) is 3.24. The average Bonchev–Trinajstić information content (AvgIpc) is 2.45. The summed E-state index contributed by atoms with van der Waals surface area (Å²) in [5, 5.41) is 0. The zero-order valence-electron chi connectivity index (χ0n) is 14.6. The van der Waals surface area contributed by atoms with Crippen molar-refractivity contribution in [1.82, 2.24) is 14.7 Å². The number of rotatable bonds is 6. The predicted molar refractivity (Wildman–Crippen MR) is 93.3 cm³/mol. The predicted octanol–water partition coefficient (Wildman–Crippen LogP) is 3.51. The first kappa shape index (κ1) is 27.3. The molecule has 19 heavy (non-hydrogen) atoms. The highest BCUT2D eigenvalue weighted by molar-refractivity contribution is 4.37. The minimum atomic E-state index is 0. The minimum absolute atomic E-state index is 0. The summed E-state index contributed by atoms with van der Waals surface area (Å²) in [7, 11) is 6.33. The molecule has 0 atom stereocenters. The molecule has 122 valence electrons. The number of nitrogens with zero attached hydrogens (tertiary/aromatic N) is 3. The molecule has 0 aromatic rings. The van der Waals surface area contributed by atoms with Crippen molar-refractivity contribution in [3.8, 4) is 0 Å². The monoisotopic (exact) mass is 277 g/mol. The average molecular weight is 278 g/mol. The summed E-state index contributed by atoms with van der Waals surface area (Å²) in [4.78, 5) is 6.75. The van der Waals surface area contributed by atoms with Gasteiger partial charge in [-0.15, -0.1) is 0 Å². The largest absolute Gasteiger partial charge is 0.307 e. The van der Waals surface area contributed by atoms with Crippen LogP contribution in [0.4, 0.5) is 0 Å². The van der Waals surface area contributed by atoms with Gasteiger partial charge in [0.2, 0.25) is 0 Å². The van der Waals surface area contributed by atoms with E-state index >= 15 is 0 Å². The van der Waals surface area contributed by atoms with Gasteiger partial charge in [-0.25, -0.2) is 0 Å². The van der Waals surface area contributed by atoms with Gasteiger partial charge < -0.3 is 14.7 Å². The third-order valence-electron chi connectivity index (χ3n) is 3.24. The molecule has 0 bridgehead atoms. The molecule has 0 aromatic carbocycles. The quantitative estimate of drug-likeness (QED) is 0.735. The lowest BCUT2D eigenvalue weighted by atomic mass is 10.6. The fourth-order valence-electron chi connectivity index (χ4n) is 0.671. The van der Waals surface area contributed by atoms with Crippen molar-refractivity contribution in [3.63, 3.8) is 0 Å². The van der Waals surface area contributed by atoms with Crippen LogP contribution in [0.25, 0.3) is 0 Å². The van der Waals surface area contributed by atoms with Crippen LogP contribution in [0.5, 0.6) is 0 Å². The van der Waals surface area contributed by atoms with Gasteiger partial charge in [-0.3, -0.25) is 0 Å². The van der Waals surface area contributed by atoms with Gasteiger partial charge in [0.05, 0.1) is 0 Å². The molecule has 0 unspecified atom stereocenters. The standard InChI is InChI=1S/3C5H13N.CH4/c3*1-4-6(3)5-2;/h3*4-5H2,1-3H3;1H4. The normalized spacial score (nSPS) is 9.47. The summed E-state index contributed by atoms with van der Waals surface area (Å²) in [6, 6.07) is 0. The molecule has 0 fully saturated rings. The van der Waals surface area contributed by atoms with Crippen LogP contribution in [0.1, 0.15) is 49.0 Å². The van der Waals surface area contributed by atoms with E-state index in [0.717, 1.165) is 39.3 Å². The molecular formula is C16H43N3. The lowest BCUT2D eigenvalue weighted by Gasteiger charge is -2.07. The van der Waals surface area contributed by atoms with Gasteiger partial charge in [-0.2, -0.15) is 0 Å². The van der Waals surface area contributed by atoms with Crippen molar-refractivity contribution in [1.29, 1.82) is 0 Å². The Kier molecular flexibility index (Phi) is 33.0. The minimum Gasteiger partial charge on any atom is -0.307 e. The molecule has 3 nitrogen and oxygen atoms in total. The highest BCUT2D eigenvalue weighted by Crippen LogP contribution is 1.74. The number of hydrogen-bond donors (Lipinski definition) is 0. The van der Waals surface area contributed by atoms with Gasteiger partial charge >= 0.3 is 0 Å². The first-order chi connectivity index (χ1) is 8.42. The maximum atomic E-state index is 2.25. The molecule has 0 radical (unpaired) electrons. The Hall–Kier alpha value is -0.120. The van der Waals surface area contributed by atoms with E-state index in [2.05, 4.69) is 77.4 Å². The summed E-state index contributed by atoms with van der Waals surface area (Å²) in [6.45, 7) is 19.9. The van der Waals surface area contributed by atoms with Crippen molar-refractivity contribution in [2.45, 2.75) is 49.0 Å². The van der Waals surface area contributed by atoms with E-state index in [9.17, 15) is 0 Å². The third kappa shape index (κ3) is 31.9. The molecule has 0 heterocycles. The molecule has 0 saturated heterocycles. The van der Waals surface area contributed by atoms with Crippen LogP contribution in [0.3, 0.4) is 0 Å². The summed E-state index contributed by atoms with van der Waals surface area (Å²) >= 11 is 0. The Morgan fingerprint density at radius 1 is 0.421 bits per heavy atom. The fraction of sp³-hybridized carbons (Fsp3) is 1.00. The Bertz CT molecular complexity index is 93.4. The van der Waals surface area contributed by atoms with Crippen LogP contribution in [-0.4, -0.2) is 75.1 Å². The molecule has 0 saturated carbocycles. The zero-order chi connectivity index (χ0) is 15.0. The van der Waals surface area contributed by atoms with Crippen molar-refractivity contribution in [2.24, 2.45) is 0 Å². The summed E-state index contributed by atoms with van der Waals surface area (Å²) in [5.74, 6) is 0. The van der Waals surface area contributed by atoms with Gasteiger partial charge in [0.15, 0.2) is 0 Å². The molecule has 0 rings (SSSR count). The van der Waals surface area contributed by atoms with Gasteiger partial charge in [0.1, 0.15) is 0 Å². The van der Waals surface area contributed by atoms with Crippen molar-refractivity contribution < 1.29 is 0 Å². The van der Waals surface area contributed by atoms with E-state index in [0.29, 0.717) is 0 Å². The van der Waals surface area contributed by atoms with E-state index in [1.807, 2.05) is 0 Å². The molecule has 3 heteroatoms. The summed E-state index contributed by atoms with van der Waals surface area (Å²) in [5.41, 5.74) is 0. The summed E-state index contributed by atoms with van der Waals surface area (Å²) < 4.78 is 0. The highest BCUT2D eigenvalue weighted by atomic mass is 15.1. The first-order valence-electron chi connectivity index (χ1n) is 7.48. The highest BCUT2D eigenvalue weighted by Gasteiger charge is 1.82. The van der Waals surface area contributed by atoms with Gasteiger partial charge in [-0.05, 0) is 60.4 Å². The molecule has 0 spiro atoms. The van der Waals surface area contributed by atoms with Crippen LogP contribution in [0, 0.1) is 0 Å². The lowest BCUT2D eigenvalue weighted by Crippen LogP contribution is -2.15. The molecule has 0 N–H and O–H groups in total. The van der Waals surface area contributed by atoms with E-state index in [1.54, 1.807) is 0 Å². The van der Waals surface area contributed by atoms with E-state index in [4.69, 9.17) is 0 Å². The first-order valence-corrected chi connectivity index (χ1v) is 7.48. The maximum Gasteiger partial charge on any atom is -0.00504 e. The van der Waals surface area contributed by atoms with Crippen molar-refractivity contribution in [2.75, 3.05) is 60.4 Å². The van der Waals surface area contributed by atoms with Crippen molar-refractivity contribution >= 4 is 0 Å². The van der Waals surface area contributed by atoms with Gasteiger partial charge in [0, 0.05) is 0 Å². The lowest BCUT2D eigenvalue weighted by molar-refractivity contribution is 0.373. The SMILES string of the molecule is C.CCN(C)CC.CCN(C)CC.CCN(C)CC. The Balaban J connectivity index is -0.0000000865. The zero-order valence-corrected chi connectivity index (χ0v) is 14.6. The van der Waals surface area contributed by atoms with Crippen LogP contribution in [0.15, 0.2) is 0 Å². The van der Waals surface area contributed by atoms with Crippen LogP contribution in [0.2, 0.25) is 0 Å². The molecule has 0 aliphatic rings. The van der Waals surface area contributed by atoms with Crippen LogP contribution < -0.4 is 0 Å². The topological polar surface area (TPSA) is 9.72 Å². The molecule has 0 aromatic heterocycles. The maximum absolute atomic E-state index is 2.25. The second kappa shape index (κ2) is 23.0. The molecular weight excluding hydrogens is 234 g/mol. The smallest absolute Gasteiger partial charge is 0.00504 e. The molecule has 0 aliphatic heterocycles. The van der Waals surface area contributed by atoms with Gasteiger partial charge in [0.25, 0.3) is 0 Å². The van der Waals surface area contributed by atoms with Crippen LogP contribution in [-0.2, 0) is 0 Å². The molecule has 0 amide bonds. The Morgan fingerprint density at radius 2 is 0.526 bits per heavy atom.